The maximum absolute atomic E-state index is 13.1. The molecular formula is C30H35N3O4. The van der Waals surface area contributed by atoms with E-state index in [1.807, 2.05) is 54.6 Å². The number of para-hydroxylation sites is 1. The lowest BCUT2D eigenvalue weighted by molar-refractivity contribution is 0.0414. The van der Waals surface area contributed by atoms with Crippen LogP contribution in [0.2, 0.25) is 0 Å². The van der Waals surface area contributed by atoms with Gasteiger partial charge in [0.2, 0.25) is 0 Å². The van der Waals surface area contributed by atoms with Crippen LogP contribution in [0.15, 0.2) is 60.7 Å². The highest BCUT2D eigenvalue weighted by molar-refractivity contribution is 6.25. The minimum absolute atomic E-state index is 0.213. The number of aliphatic hydroxyl groups excluding tert-OH is 1. The molecule has 0 saturated carbocycles. The Morgan fingerprint density at radius 3 is 2.08 bits per heavy atom. The molecule has 1 saturated heterocycles. The number of hydrogen-bond acceptors (Lipinski definition) is 6. The molecule has 2 aliphatic rings. The van der Waals surface area contributed by atoms with Crippen molar-refractivity contribution in [2.75, 3.05) is 52.4 Å². The fraction of sp³-hybridized carbons (Fsp3) is 0.400. The minimum Gasteiger partial charge on any atom is -0.491 e. The molecule has 7 nitrogen and oxygen atoms in total. The highest BCUT2D eigenvalue weighted by atomic mass is 16.5. The number of rotatable bonds is 9. The van der Waals surface area contributed by atoms with Crippen molar-refractivity contribution < 1.29 is 19.4 Å². The summed E-state index contributed by atoms with van der Waals surface area (Å²) in [5.74, 6) is 0.771. The van der Waals surface area contributed by atoms with Gasteiger partial charge in [-0.1, -0.05) is 56.3 Å². The summed E-state index contributed by atoms with van der Waals surface area (Å²) in [6, 6.07) is 19.2. The van der Waals surface area contributed by atoms with Gasteiger partial charge in [-0.15, -0.1) is 0 Å². The number of carbonyl (C=O) groups excluding carboxylic acids is 2. The summed E-state index contributed by atoms with van der Waals surface area (Å²) in [5.41, 5.74) is 2.35. The van der Waals surface area contributed by atoms with Crippen molar-refractivity contribution in [2.24, 2.45) is 0 Å². The Morgan fingerprint density at radius 2 is 1.43 bits per heavy atom. The molecule has 0 radical (unpaired) electrons. The smallest absolute Gasteiger partial charge is 0.261 e. The van der Waals surface area contributed by atoms with E-state index in [2.05, 4.69) is 29.7 Å². The quantitative estimate of drug-likeness (QED) is 0.452. The largest absolute Gasteiger partial charge is 0.491 e. The standard InChI is InChI=1S/C30H35N3O4/c1-21(2)24-9-3-4-12-27(24)37-20-23(34)19-32-15-13-31(14-16-32)17-18-33-29(35)25-10-5-7-22-8-6-11-26(28(22)25)30(33)36/h3-12,21,23,34H,13-20H2,1-2H3/t23-/m1/s1. The molecule has 3 aromatic rings. The van der Waals surface area contributed by atoms with E-state index in [-0.39, 0.29) is 18.4 Å². The van der Waals surface area contributed by atoms with Crippen LogP contribution in [0, 0.1) is 0 Å². The van der Waals surface area contributed by atoms with E-state index in [1.165, 1.54) is 4.90 Å². The molecule has 0 aliphatic carbocycles. The summed E-state index contributed by atoms with van der Waals surface area (Å²) >= 11 is 0. The molecule has 1 N–H and O–H groups in total. The second-order valence-electron chi connectivity index (χ2n) is 10.3. The van der Waals surface area contributed by atoms with Gasteiger partial charge in [0.25, 0.3) is 11.8 Å². The molecule has 2 heterocycles. The van der Waals surface area contributed by atoms with Gasteiger partial charge in [-0.2, -0.15) is 0 Å². The Hall–Kier alpha value is -3.26. The van der Waals surface area contributed by atoms with Crippen LogP contribution in [0.25, 0.3) is 10.8 Å². The van der Waals surface area contributed by atoms with Crippen LogP contribution in [0.3, 0.4) is 0 Å². The van der Waals surface area contributed by atoms with E-state index in [0.29, 0.717) is 36.7 Å². The van der Waals surface area contributed by atoms with Crippen molar-refractivity contribution in [1.29, 1.82) is 0 Å². The summed E-state index contributed by atoms with van der Waals surface area (Å²) in [4.78, 5) is 32.2. The topological polar surface area (TPSA) is 73.3 Å². The van der Waals surface area contributed by atoms with Crippen LogP contribution >= 0.6 is 0 Å². The van der Waals surface area contributed by atoms with Crippen molar-refractivity contribution in [3.8, 4) is 5.75 Å². The number of β-amino-alcohol motifs (C(OH)–C–C–N with tert-alkyl or cyclic N) is 1. The third-order valence-electron chi connectivity index (χ3n) is 7.40. The van der Waals surface area contributed by atoms with Crippen molar-refractivity contribution in [3.05, 3.63) is 77.4 Å². The number of benzene rings is 3. The number of hydrogen-bond donors (Lipinski definition) is 1. The summed E-state index contributed by atoms with van der Waals surface area (Å²) in [6.07, 6.45) is -0.571. The monoisotopic (exact) mass is 501 g/mol. The Morgan fingerprint density at radius 1 is 0.811 bits per heavy atom. The first-order valence-electron chi connectivity index (χ1n) is 13.1. The van der Waals surface area contributed by atoms with Gasteiger partial charge >= 0.3 is 0 Å². The van der Waals surface area contributed by atoms with Gasteiger partial charge in [0, 0.05) is 62.3 Å². The molecule has 37 heavy (non-hydrogen) atoms. The van der Waals surface area contributed by atoms with Gasteiger partial charge in [0.1, 0.15) is 18.5 Å². The SMILES string of the molecule is CC(C)c1ccccc1OC[C@H](O)CN1CCN(CCN2C(=O)c3cccc4cccc(c34)C2=O)CC1. The number of amides is 2. The number of carbonyl (C=O) groups is 2. The Balaban J connectivity index is 1.09. The second-order valence-corrected chi connectivity index (χ2v) is 10.3. The molecule has 7 heteroatoms. The Labute approximate surface area is 218 Å². The molecule has 1 fully saturated rings. The first-order valence-corrected chi connectivity index (χ1v) is 13.1. The van der Waals surface area contributed by atoms with Gasteiger partial charge in [0.05, 0.1) is 0 Å². The van der Waals surface area contributed by atoms with E-state index < -0.39 is 6.10 Å². The van der Waals surface area contributed by atoms with Crippen molar-refractivity contribution >= 4 is 22.6 Å². The summed E-state index contributed by atoms with van der Waals surface area (Å²) in [7, 11) is 0. The van der Waals surface area contributed by atoms with Gasteiger partial charge in [-0.25, -0.2) is 0 Å². The molecule has 3 aromatic carbocycles. The zero-order valence-corrected chi connectivity index (χ0v) is 21.6. The highest BCUT2D eigenvalue weighted by Crippen LogP contribution is 2.30. The molecule has 2 aliphatic heterocycles. The van der Waals surface area contributed by atoms with E-state index >= 15 is 0 Å². The lowest BCUT2D eigenvalue weighted by Gasteiger charge is -2.36. The predicted octanol–water partition coefficient (Wildman–Crippen LogP) is 3.62. The Kier molecular flexibility index (Phi) is 7.55. The zero-order valence-electron chi connectivity index (χ0n) is 21.6. The van der Waals surface area contributed by atoms with Gasteiger partial charge in [0.15, 0.2) is 0 Å². The van der Waals surface area contributed by atoms with E-state index in [0.717, 1.165) is 48.3 Å². The lowest BCUT2D eigenvalue weighted by Crippen LogP contribution is -2.51. The molecule has 1 atom stereocenters. The maximum Gasteiger partial charge on any atom is 0.261 e. The number of imide groups is 1. The Bertz CT molecular complexity index is 1230. The normalized spacial score (nSPS) is 17.6. The number of nitrogens with zero attached hydrogens (tertiary/aromatic N) is 3. The van der Waals surface area contributed by atoms with Crippen molar-refractivity contribution in [3.63, 3.8) is 0 Å². The van der Waals surface area contributed by atoms with Crippen LogP contribution in [0.5, 0.6) is 5.75 Å². The van der Waals surface area contributed by atoms with Crippen molar-refractivity contribution in [2.45, 2.75) is 25.9 Å². The summed E-state index contributed by atoms with van der Waals surface area (Å²) in [6.45, 7) is 9.39. The average molecular weight is 502 g/mol. The lowest BCUT2D eigenvalue weighted by atomic mass is 9.94. The van der Waals surface area contributed by atoms with Crippen molar-refractivity contribution in [1.82, 2.24) is 14.7 Å². The van der Waals surface area contributed by atoms with E-state index in [4.69, 9.17) is 4.74 Å². The fourth-order valence-electron chi connectivity index (χ4n) is 5.35. The van der Waals surface area contributed by atoms with Crippen LogP contribution in [0.1, 0.15) is 46.0 Å². The molecule has 5 rings (SSSR count). The molecule has 194 valence electrons. The maximum atomic E-state index is 13.1. The third-order valence-corrected chi connectivity index (χ3v) is 7.40. The first kappa shape index (κ1) is 25.4. The molecule has 0 aromatic heterocycles. The predicted molar refractivity (Wildman–Crippen MR) is 144 cm³/mol. The molecular weight excluding hydrogens is 466 g/mol. The van der Waals surface area contributed by atoms with E-state index in [1.54, 1.807) is 0 Å². The average Bonchev–Trinajstić information content (AvgIpc) is 2.91. The molecule has 0 unspecified atom stereocenters. The van der Waals surface area contributed by atoms with E-state index in [9.17, 15) is 14.7 Å². The fourth-order valence-corrected chi connectivity index (χ4v) is 5.35. The second kappa shape index (κ2) is 11.0. The molecule has 2 amide bonds. The first-order chi connectivity index (χ1) is 17.9. The summed E-state index contributed by atoms with van der Waals surface area (Å²) < 4.78 is 5.94. The highest BCUT2D eigenvalue weighted by Gasteiger charge is 2.33. The van der Waals surface area contributed by atoms with Gasteiger partial charge in [-0.3, -0.25) is 24.3 Å². The number of piperazine rings is 1. The van der Waals surface area contributed by atoms with Crippen LogP contribution in [-0.4, -0.2) is 90.1 Å². The molecule has 0 bridgehead atoms. The van der Waals surface area contributed by atoms with Crippen LogP contribution < -0.4 is 4.74 Å². The third kappa shape index (κ3) is 5.39. The number of ether oxygens (including phenoxy) is 1. The van der Waals surface area contributed by atoms with Gasteiger partial charge in [-0.05, 0) is 35.1 Å². The summed E-state index contributed by atoms with van der Waals surface area (Å²) in [5, 5.41) is 12.3. The van der Waals surface area contributed by atoms with Gasteiger partial charge < -0.3 is 9.84 Å². The van der Waals surface area contributed by atoms with Crippen LogP contribution in [-0.2, 0) is 0 Å². The van der Waals surface area contributed by atoms with Crippen LogP contribution in [0.4, 0.5) is 0 Å². The minimum atomic E-state index is -0.571. The zero-order chi connectivity index (χ0) is 25.9. The molecule has 0 spiro atoms. The number of aliphatic hydroxyl groups is 1.